The second-order valence-corrected chi connectivity index (χ2v) is 7.51. The van der Waals surface area contributed by atoms with Gasteiger partial charge in [0.05, 0.1) is 6.26 Å². The largest absolute Gasteiger partial charge is 0.459 e. The highest BCUT2D eigenvalue weighted by Gasteiger charge is 2.25. The zero-order chi connectivity index (χ0) is 18.6. The smallest absolute Gasteiger partial charge is 0.289 e. The second kappa shape index (κ2) is 8.01. The van der Waals surface area contributed by atoms with Crippen LogP contribution >= 0.6 is 0 Å². The molecule has 1 aliphatic rings. The molecule has 0 spiro atoms. The van der Waals surface area contributed by atoms with E-state index in [2.05, 4.69) is 47.7 Å². The van der Waals surface area contributed by atoms with E-state index < -0.39 is 0 Å². The van der Waals surface area contributed by atoms with Gasteiger partial charge in [0, 0.05) is 42.3 Å². The quantitative estimate of drug-likeness (QED) is 0.695. The average Bonchev–Trinajstić information content (AvgIpc) is 3.37. The van der Waals surface area contributed by atoms with Gasteiger partial charge in [0.15, 0.2) is 5.76 Å². The number of furan rings is 1. The first-order chi connectivity index (χ1) is 13.2. The maximum Gasteiger partial charge on any atom is 0.289 e. The third-order valence-electron chi connectivity index (χ3n) is 5.56. The number of fused-ring (bicyclic) bond motifs is 1. The van der Waals surface area contributed by atoms with E-state index in [0.29, 0.717) is 17.8 Å². The van der Waals surface area contributed by atoms with Crippen molar-refractivity contribution >= 4 is 16.8 Å². The molecule has 27 heavy (non-hydrogen) atoms. The van der Waals surface area contributed by atoms with E-state index in [-0.39, 0.29) is 5.91 Å². The zero-order valence-corrected chi connectivity index (χ0v) is 15.8. The standard InChI is InChI=1S/C22H27N3O2/c1-16(8-9-17-15-23-20-6-3-2-5-19(17)20)24-18-10-12-25(13-11-18)22(26)21-7-4-14-27-21/h2-7,14-16,18,23-24H,8-13H2,1H3. The lowest BCUT2D eigenvalue weighted by molar-refractivity contribution is 0.0670. The van der Waals surface area contributed by atoms with E-state index in [1.165, 1.54) is 16.5 Å². The summed E-state index contributed by atoms with van der Waals surface area (Å²) in [5.74, 6) is 0.444. The number of nitrogens with zero attached hydrogens (tertiary/aromatic N) is 1. The van der Waals surface area contributed by atoms with Crippen LogP contribution in [0.2, 0.25) is 0 Å². The van der Waals surface area contributed by atoms with E-state index in [1.807, 2.05) is 4.90 Å². The number of hydrogen-bond donors (Lipinski definition) is 2. The van der Waals surface area contributed by atoms with Crippen LogP contribution in [0.4, 0.5) is 0 Å². The Morgan fingerprint density at radius 3 is 2.85 bits per heavy atom. The Morgan fingerprint density at radius 2 is 2.07 bits per heavy atom. The molecule has 142 valence electrons. The minimum Gasteiger partial charge on any atom is -0.459 e. The Morgan fingerprint density at radius 1 is 1.26 bits per heavy atom. The molecule has 4 rings (SSSR count). The van der Waals surface area contributed by atoms with Crippen molar-refractivity contribution in [3.63, 3.8) is 0 Å². The van der Waals surface area contributed by atoms with Crippen LogP contribution in [0.25, 0.3) is 10.9 Å². The van der Waals surface area contributed by atoms with Crippen molar-refractivity contribution in [1.29, 1.82) is 0 Å². The van der Waals surface area contributed by atoms with Crippen molar-refractivity contribution in [1.82, 2.24) is 15.2 Å². The Bertz CT molecular complexity index is 876. The molecule has 1 aliphatic heterocycles. The van der Waals surface area contributed by atoms with Gasteiger partial charge < -0.3 is 19.6 Å². The molecule has 0 bridgehead atoms. The van der Waals surface area contributed by atoms with E-state index >= 15 is 0 Å². The Hall–Kier alpha value is -2.53. The highest BCUT2D eigenvalue weighted by Crippen LogP contribution is 2.20. The number of rotatable bonds is 6. The number of nitrogens with one attached hydrogen (secondary N) is 2. The van der Waals surface area contributed by atoms with Gasteiger partial charge in [-0.05, 0) is 56.4 Å². The summed E-state index contributed by atoms with van der Waals surface area (Å²) in [6, 6.07) is 12.9. The minimum atomic E-state index is 0.00540. The van der Waals surface area contributed by atoms with Crippen molar-refractivity contribution < 1.29 is 9.21 Å². The zero-order valence-electron chi connectivity index (χ0n) is 15.8. The van der Waals surface area contributed by atoms with Gasteiger partial charge in [-0.2, -0.15) is 0 Å². The molecule has 1 atom stereocenters. The second-order valence-electron chi connectivity index (χ2n) is 7.51. The predicted molar refractivity (Wildman–Crippen MR) is 107 cm³/mol. The lowest BCUT2D eigenvalue weighted by Gasteiger charge is -2.33. The summed E-state index contributed by atoms with van der Waals surface area (Å²) in [5.41, 5.74) is 2.60. The van der Waals surface area contributed by atoms with Gasteiger partial charge in [-0.15, -0.1) is 0 Å². The number of aromatic nitrogens is 1. The van der Waals surface area contributed by atoms with Crippen molar-refractivity contribution in [2.24, 2.45) is 0 Å². The molecule has 0 radical (unpaired) electrons. The van der Waals surface area contributed by atoms with E-state index in [9.17, 15) is 4.79 Å². The van der Waals surface area contributed by atoms with Gasteiger partial charge in [-0.3, -0.25) is 4.79 Å². The Balaban J connectivity index is 1.23. The fourth-order valence-corrected chi connectivity index (χ4v) is 4.00. The molecule has 0 aliphatic carbocycles. The summed E-state index contributed by atoms with van der Waals surface area (Å²) < 4.78 is 5.23. The van der Waals surface area contributed by atoms with Crippen LogP contribution < -0.4 is 5.32 Å². The van der Waals surface area contributed by atoms with Gasteiger partial charge in [-0.1, -0.05) is 18.2 Å². The predicted octanol–water partition coefficient (Wildman–Crippen LogP) is 3.98. The van der Waals surface area contributed by atoms with Crippen LogP contribution in [0.15, 0.2) is 53.3 Å². The molecule has 2 N–H and O–H groups in total. The molecule has 5 nitrogen and oxygen atoms in total. The SMILES string of the molecule is CC(CCc1c[nH]c2ccccc12)NC1CCN(C(=O)c2ccco2)CC1. The number of benzene rings is 1. The number of amides is 1. The normalized spacial score (nSPS) is 16.7. The lowest BCUT2D eigenvalue weighted by Crippen LogP contribution is -2.47. The number of likely N-dealkylation sites (tertiary alicyclic amines) is 1. The molecule has 0 saturated carbocycles. The minimum absolute atomic E-state index is 0.00540. The van der Waals surface area contributed by atoms with Crippen LogP contribution in [0, 0.1) is 0 Å². The van der Waals surface area contributed by atoms with Crippen molar-refractivity contribution in [3.05, 3.63) is 60.2 Å². The van der Waals surface area contributed by atoms with Crippen LogP contribution in [0.5, 0.6) is 0 Å². The van der Waals surface area contributed by atoms with Crippen molar-refractivity contribution in [3.8, 4) is 0 Å². The van der Waals surface area contributed by atoms with E-state index in [0.717, 1.165) is 38.8 Å². The lowest BCUT2D eigenvalue weighted by atomic mass is 10.0. The highest BCUT2D eigenvalue weighted by molar-refractivity contribution is 5.91. The van der Waals surface area contributed by atoms with Crippen molar-refractivity contribution in [2.75, 3.05) is 13.1 Å². The molecule has 1 saturated heterocycles. The fraction of sp³-hybridized carbons (Fsp3) is 0.409. The molecule has 2 aromatic heterocycles. The number of para-hydroxylation sites is 1. The average molecular weight is 365 g/mol. The Labute approximate surface area is 159 Å². The molecular formula is C22H27N3O2. The monoisotopic (exact) mass is 365 g/mol. The fourth-order valence-electron chi connectivity index (χ4n) is 4.00. The first-order valence-electron chi connectivity index (χ1n) is 9.84. The first kappa shape index (κ1) is 17.9. The van der Waals surface area contributed by atoms with Gasteiger partial charge in [0.1, 0.15) is 0 Å². The van der Waals surface area contributed by atoms with E-state index in [1.54, 1.807) is 18.4 Å². The number of H-pyrrole nitrogens is 1. The van der Waals surface area contributed by atoms with Crippen LogP contribution in [-0.2, 0) is 6.42 Å². The summed E-state index contributed by atoms with van der Waals surface area (Å²) >= 11 is 0. The van der Waals surface area contributed by atoms with Gasteiger partial charge in [0.25, 0.3) is 5.91 Å². The van der Waals surface area contributed by atoms with E-state index in [4.69, 9.17) is 4.42 Å². The molecule has 1 amide bonds. The molecular weight excluding hydrogens is 338 g/mol. The number of hydrogen-bond acceptors (Lipinski definition) is 3. The summed E-state index contributed by atoms with van der Waals surface area (Å²) in [6.45, 7) is 3.83. The van der Waals surface area contributed by atoms with Gasteiger partial charge in [-0.25, -0.2) is 0 Å². The van der Waals surface area contributed by atoms with Crippen LogP contribution in [0.1, 0.15) is 42.3 Å². The molecule has 1 fully saturated rings. The molecule has 1 unspecified atom stereocenters. The molecule has 3 heterocycles. The van der Waals surface area contributed by atoms with Crippen molar-refractivity contribution in [2.45, 2.75) is 44.7 Å². The van der Waals surface area contributed by atoms with Crippen LogP contribution in [-0.4, -0.2) is 41.0 Å². The highest BCUT2D eigenvalue weighted by atomic mass is 16.3. The third-order valence-corrected chi connectivity index (χ3v) is 5.56. The Kier molecular flexibility index (Phi) is 5.30. The number of piperidine rings is 1. The number of aryl methyl sites for hydroxylation is 1. The summed E-state index contributed by atoms with van der Waals surface area (Å²) in [6.07, 6.45) is 7.84. The summed E-state index contributed by atoms with van der Waals surface area (Å²) in [4.78, 5) is 17.6. The van der Waals surface area contributed by atoms with Gasteiger partial charge >= 0.3 is 0 Å². The summed E-state index contributed by atoms with van der Waals surface area (Å²) in [5, 5.41) is 5.08. The molecule has 5 heteroatoms. The maximum atomic E-state index is 12.3. The summed E-state index contributed by atoms with van der Waals surface area (Å²) in [7, 11) is 0. The first-order valence-corrected chi connectivity index (χ1v) is 9.84. The topological polar surface area (TPSA) is 61.3 Å². The number of carbonyl (C=O) groups is 1. The number of carbonyl (C=O) groups excluding carboxylic acids is 1. The molecule has 1 aromatic carbocycles. The molecule has 3 aromatic rings. The maximum absolute atomic E-state index is 12.3. The van der Waals surface area contributed by atoms with Crippen LogP contribution in [0.3, 0.4) is 0 Å². The van der Waals surface area contributed by atoms with Gasteiger partial charge in [0.2, 0.25) is 0 Å². The third kappa shape index (κ3) is 4.08. The number of aromatic amines is 1.